The van der Waals surface area contributed by atoms with Gasteiger partial charge in [-0.3, -0.25) is 4.79 Å². The molecule has 0 bridgehead atoms. The zero-order chi connectivity index (χ0) is 15.4. The maximum Gasteiger partial charge on any atom is 0.258 e. The van der Waals surface area contributed by atoms with Crippen LogP contribution in [0.3, 0.4) is 0 Å². The summed E-state index contributed by atoms with van der Waals surface area (Å²) in [7, 11) is 2.71. The van der Waals surface area contributed by atoms with Crippen molar-refractivity contribution in [1.82, 2.24) is 0 Å². The standard InChI is InChI=1S/C15H13F2NO3/c1-20-10-4-5-11(13(17)8-10)15(19)18-9-3-6-12(16)14(7-9)21-2/h3-8H,1-2H3,(H,18,19). The van der Waals surface area contributed by atoms with E-state index in [-0.39, 0.29) is 11.3 Å². The fourth-order valence-corrected chi connectivity index (χ4v) is 1.74. The molecule has 6 heteroatoms. The zero-order valence-electron chi connectivity index (χ0n) is 11.4. The fourth-order valence-electron chi connectivity index (χ4n) is 1.74. The van der Waals surface area contributed by atoms with E-state index in [1.54, 1.807) is 0 Å². The zero-order valence-corrected chi connectivity index (χ0v) is 11.4. The molecule has 2 aromatic carbocycles. The van der Waals surface area contributed by atoms with Crippen LogP contribution < -0.4 is 14.8 Å². The van der Waals surface area contributed by atoms with Crippen molar-refractivity contribution in [2.45, 2.75) is 0 Å². The summed E-state index contributed by atoms with van der Waals surface area (Å²) in [5, 5.41) is 2.47. The van der Waals surface area contributed by atoms with E-state index in [4.69, 9.17) is 9.47 Å². The lowest BCUT2D eigenvalue weighted by molar-refractivity contribution is 0.102. The lowest BCUT2D eigenvalue weighted by atomic mass is 10.2. The Hall–Kier alpha value is -2.63. The third-order valence-electron chi connectivity index (χ3n) is 2.83. The Labute approximate surface area is 120 Å². The number of methoxy groups -OCH3 is 2. The summed E-state index contributed by atoms with van der Waals surface area (Å²) < 4.78 is 36.7. The van der Waals surface area contributed by atoms with Gasteiger partial charge in [-0.05, 0) is 24.3 Å². The largest absolute Gasteiger partial charge is 0.497 e. The van der Waals surface area contributed by atoms with Gasteiger partial charge in [0.15, 0.2) is 11.6 Å². The van der Waals surface area contributed by atoms with E-state index in [0.717, 1.165) is 12.1 Å². The van der Waals surface area contributed by atoms with E-state index in [0.29, 0.717) is 11.4 Å². The average molecular weight is 293 g/mol. The third kappa shape index (κ3) is 3.28. The summed E-state index contributed by atoms with van der Waals surface area (Å²) in [5.41, 5.74) is 0.160. The Kier molecular flexibility index (Phi) is 4.37. The van der Waals surface area contributed by atoms with Crippen LogP contribution in [0.1, 0.15) is 10.4 Å². The molecule has 0 saturated heterocycles. The summed E-state index contributed by atoms with van der Waals surface area (Å²) in [4.78, 5) is 12.0. The molecule has 0 heterocycles. The van der Waals surface area contributed by atoms with E-state index in [1.807, 2.05) is 0 Å². The van der Waals surface area contributed by atoms with Gasteiger partial charge in [0, 0.05) is 17.8 Å². The topological polar surface area (TPSA) is 47.6 Å². The van der Waals surface area contributed by atoms with Crippen LogP contribution >= 0.6 is 0 Å². The normalized spacial score (nSPS) is 10.1. The van der Waals surface area contributed by atoms with Gasteiger partial charge in [0.2, 0.25) is 0 Å². The molecule has 1 amide bonds. The van der Waals surface area contributed by atoms with Gasteiger partial charge in [0.25, 0.3) is 5.91 Å². The van der Waals surface area contributed by atoms with Gasteiger partial charge in [-0.25, -0.2) is 8.78 Å². The first-order valence-corrected chi connectivity index (χ1v) is 6.03. The molecule has 0 aliphatic rings. The number of halogens is 2. The Morgan fingerprint density at radius 1 is 1.00 bits per heavy atom. The van der Waals surface area contributed by atoms with Crippen LogP contribution in [0.2, 0.25) is 0 Å². The second-order valence-electron chi connectivity index (χ2n) is 4.15. The van der Waals surface area contributed by atoms with Crippen molar-refractivity contribution in [3.8, 4) is 11.5 Å². The number of carbonyl (C=O) groups excluding carboxylic acids is 1. The SMILES string of the molecule is COc1ccc(C(=O)Nc2ccc(F)c(OC)c2)c(F)c1. The van der Waals surface area contributed by atoms with E-state index in [2.05, 4.69) is 5.32 Å². The number of rotatable bonds is 4. The van der Waals surface area contributed by atoms with Crippen molar-refractivity contribution in [3.63, 3.8) is 0 Å². The van der Waals surface area contributed by atoms with Crippen molar-refractivity contribution in [2.24, 2.45) is 0 Å². The minimum Gasteiger partial charge on any atom is -0.497 e. The van der Waals surface area contributed by atoms with Crippen LogP contribution in [0.5, 0.6) is 11.5 Å². The van der Waals surface area contributed by atoms with E-state index in [9.17, 15) is 13.6 Å². The molecular weight excluding hydrogens is 280 g/mol. The number of amides is 1. The molecule has 0 atom stereocenters. The van der Waals surface area contributed by atoms with E-state index in [1.165, 1.54) is 38.5 Å². The molecule has 0 aromatic heterocycles. The number of ether oxygens (including phenoxy) is 2. The third-order valence-corrected chi connectivity index (χ3v) is 2.83. The lowest BCUT2D eigenvalue weighted by Crippen LogP contribution is -2.14. The van der Waals surface area contributed by atoms with E-state index >= 15 is 0 Å². The molecular formula is C15H13F2NO3. The van der Waals surface area contributed by atoms with Crippen molar-refractivity contribution in [1.29, 1.82) is 0 Å². The molecule has 2 rings (SSSR count). The van der Waals surface area contributed by atoms with Crippen LogP contribution in [0.25, 0.3) is 0 Å². The highest BCUT2D eigenvalue weighted by Gasteiger charge is 2.13. The molecule has 0 radical (unpaired) electrons. The highest BCUT2D eigenvalue weighted by atomic mass is 19.1. The number of hydrogen-bond donors (Lipinski definition) is 1. The summed E-state index contributed by atoms with van der Waals surface area (Å²) >= 11 is 0. The van der Waals surface area contributed by atoms with Crippen LogP contribution in [0.15, 0.2) is 36.4 Å². The van der Waals surface area contributed by atoms with Gasteiger partial charge in [0.1, 0.15) is 11.6 Å². The van der Waals surface area contributed by atoms with Crippen molar-refractivity contribution in [3.05, 3.63) is 53.6 Å². The van der Waals surface area contributed by atoms with Gasteiger partial charge >= 0.3 is 0 Å². The number of benzene rings is 2. The van der Waals surface area contributed by atoms with Crippen LogP contribution in [-0.4, -0.2) is 20.1 Å². The second-order valence-corrected chi connectivity index (χ2v) is 4.15. The first kappa shape index (κ1) is 14.8. The molecule has 0 aliphatic carbocycles. The molecule has 110 valence electrons. The van der Waals surface area contributed by atoms with Crippen LogP contribution in [0.4, 0.5) is 14.5 Å². The smallest absolute Gasteiger partial charge is 0.258 e. The number of hydrogen-bond acceptors (Lipinski definition) is 3. The molecule has 2 aromatic rings. The summed E-state index contributed by atoms with van der Waals surface area (Å²) in [5.74, 6) is -1.61. The minimum atomic E-state index is -0.707. The molecule has 21 heavy (non-hydrogen) atoms. The van der Waals surface area contributed by atoms with Gasteiger partial charge in [-0.2, -0.15) is 0 Å². The monoisotopic (exact) mass is 293 g/mol. The van der Waals surface area contributed by atoms with Gasteiger partial charge in [0.05, 0.1) is 19.8 Å². The van der Waals surface area contributed by atoms with Gasteiger partial charge < -0.3 is 14.8 Å². The summed E-state index contributed by atoms with van der Waals surface area (Å²) in [6.45, 7) is 0. The Morgan fingerprint density at radius 2 is 1.76 bits per heavy atom. The van der Waals surface area contributed by atoms with Gasteiger partial charge in [-0.15, -0.1) is 0 Å². The fraction of sp³-hybridized carbons (Fsp3) is 0.133. The maximum absolute atomic E-state index is 13.8. The lowest BCUT2D eigenvalue weighted by Gasteiger charge is -2.09. The number of carbonyl (C=O) groups is 1. The molecule has 1 N–H and O–H groups in total. The van der Waals surface area contributed by atoms with Crippen LogP contribution in [0, 0.1) is 11.6 Å². The summed E-state index contributed by atoms with van der Waals surface area (Å²) in [6, 6.07) is 7.72. The minimum absolute atomic E-state index is 0.0111. The molecule has 0 unspecified atom stereocenters. The van der Waals surface area contributed by atoms with Crippen LogP contribution in [-0.2, 0) is 0 Å². The Morgan fingerprint density at radius 3 is 2.38 bits per heavy atom. The first-order valence-electron chi connectivity index (χ1n) is 6.03. The van der Waals surface area contributed by atoms with E-state index < -0.39 is 17.5 Å². The quantitative estimate of drug-likeness (QED) is 0.941. The Bertz CT molecular complexity index is 674. The summed E-state index contributed by atoms with van der Waals surface area (Å²) in [6.07, 6.45) is 0. The predicted molar refractivity (Wildman–Crippen MR) is 73.9 cm³/mol. The first-order chi connectivity index (χ1) is 10.0. The molecule has 0 fully saturated rings. The molecule has 4 nitrogen and oxygen atoms in total. The van der Waals surface area contributed by atoms with Crippen molar-refractivity contribution >= 4 is 11.6 Å². The molecule has 0 aliphatic heterocycles. The molecule has 0 spiro atoms. The number of anilines is 1. The van der Waals surface area contributed by atoms with Crippen molar-refractivity contribution < 1.29 is 23.0 Å². The number of nitrogens with one attached hydrogen (secondary N) is 1. The second kappa shape index (κ2) is 6.21. The van der Waals surface area contributed by atoms with Gasteiger partial charge in [-0.1, -0.05) is 0 Å². The molecule has 0 saturated carbocycles. The highest BCUT2D eigenvalue weighted by Crippen LogP contribution is 2.23. The predicted octanol–water partition coefficient (Wildman–Crippen LogP) is 3.23. The highest BCUT2D eigenvalue weighted by molar-refractivity contribution is 6.04. The van der Waals surface area contributed by atoms with Crippen molar-refractivity contribution in [2.75, 3.05) is 19.5 Å². The average Bonchev–Trinajstić information content (AvgIpc) is 2.48. The maximum atomic E-state index is 13.8. The Balaban J connectivity index is 2.22.